The zero-order valence-corrected chi connectivity index (χ0v) is 11.4. The van der Waals surface area contributed by atoms with Crippen LogP contribution >= 0.6 is 15.9 Å². The first-order chi connectivity index (χ1) is 7.04. The van der Waals surface area contributed by atoms with E-state index in [1.54, 1.807) is 0 Å². The molecule has 0 radical (unpaired) electrons. The largest absolute Gasteiger partial charge is 0.381 e. The highest BCUT2D eigenvalue weighted by molar-refractivity contribution is 9.10. The first-order valence-corrected chi connectivity index (χ1v) is 6.22. The van der Waals surface area contributed by atoms with Crippen LogP contribution in [0, 0.1) is 12.8 Å². The Hall–Kier alpha value is -0.570. The van der Waals surface area contributed by atoms with Crippen LogP contribution in [0.5, 0.6) is 0 Å². The molecule has 0 fully saturated rings. The van der Waals surface area contributed by atoms with Gasteiger partial charge in [0.15, 0.2) is 0 Å². The molecule has 1 aromatic heterocycles. The van der Waals surface area contributed by atoms with Gasteiger partial charge in [0.25, 0.3) is 0 Å². The lowest BCUT2D eigenvalue weighted by Crippen LogP contribution is -2.24. The van der Waals surface area contributed by atoms with Gasteiger partial charge in [-0.25, -0.2) is 4.98 Å². The standard InChI is InChI=1S/C12H19BrN2/c1-5-11(8(2)3)15-10-6-9(4)12(13)14-7-10/h6-8,11,15H,5H2,1-4H3. The molecule has 0 aromatic carbocycles. The zero-order valence-electron chi connectivity index (χ0n) is 9.84. The molecule has 1 rings (SSSR count). The summed E-state index contributed by atoms with van der Waals surface area (Å²) in [7, 11) is 0. The van der Waals surface area contributed by atoms with Crippen molar-refractivity contribution in [3.8, 4) is 0 Å². The third kappa shape index (κ3) is 3.49. The highest BCUT2D eigenvalue weighted by Gasteiger charge is 2.10. The molecule has 0 saturated carbocycles. The molecule has 0 saturated heterocycles. The lowest BCUT2D eigenvalue weighted by atomic mass is 10.0. The second-order valence-electron chi connectivity index (χ2n) is 4.23. The number of nitrogens with one attached hydrogen (secondary N) is 1. The van der Waals surface area contributed by atoms with Gasteiger partial charge in [0.2, 0.25) is 0 Å². The average molecular weight is 271 g/mol. The summed E-state index contributed by atoms with van der Waals surface area (Å²) in [4.78, 5) is 4.28. The number of rotatable bonds is 4. The molecular formula is C12H19BrN2. The maximum Gasteiger partial charge on any atom is 0.109 e. The topological polar surface area (TPSA) is 24.9 Å². The van der Waals surface area contributed by atoms with Crippen molar-refractivity contribution in [1.82, 2.24) is 4.98 Å². The van der Waals surface area contributed by atoms with Gasteiger partial charge >= 0.3 is 0 Å². The molecular weight excluding hydrogens is 252 g/mol. The van der Waals surface area contributed by atoms with Crippen molar-refractivity contribution >= 4 is 21.6 Å². The van der Waals surface area contributed by atoms with Gasteiger partial charge in [0.05, 0.1) is 11.9 Å². The Balaban J connectivity index is 2.75. The molecule has 0 aliphatic carbocycles. The highest BCUT2D eigenvalue weighted by atomic mass is 79.9. The van der Waals surface area contributed by atoms with E-state index in [1.165, 1.54) is 5.56 Å². The van der Waals surface area contributed by atoms with Gasteiger partial charge < -0.3 is 5.32 Å². The smallest absolute Gasteiger partial charge is 0.109 e. The molecule has 0 spiro atoms. The Morgan fingerprint density at radius 3 is 2.60 bits per heavy atom. The normalized spacial score (nSPS) is 12.9. The van der Waals surface area contributed by atoms with Crippen LogP contribution in [0.4, 0.5) is 5.69 Å². The van der Waals surface area contributed by atoms with E-state index in [2.05, 4.69) is 60.0 Å². The maximum absolute atomic E-state index is 4.28. The van der Waals surface area contributed by atoms with Crippen LogP contribution in [-0.4, -0.2) is 11.0 Å². The number of aryl methyl sites for hydroxylation is 1. The summed E-state index contributed by atoms with van der Waals surface area (Å²) in [6.45, 7) is 8.73. The molecule has 3 heteroatoms. The number of anilines is 1. The minimum absolute atomic E-state index is 0.521. The molecule has 1 atom stereocenters. The number of hydrogen-bond donors (Lipinski definition) is 1. The van der Waals surface area contributed by atoms with E-state index in [9.17, 15) is 0 Å². The Morgan fingerprint density at radius 2 is 2.13 bits per heavy atom. The van der Waals surface area contributed by atoms with E-state index in [4.69, 9.17) is 0 Å². The predicted molar refractivity (Wildman–Crippen MR) is 69.2 cm³/mol. The SMILES string of the molecule is CCC(Nc1cnc(Br)c(C)c1)C(C)C. The number of pyridine rings is 1. The lowest BCUT2D eigenvalue weighted by Gasteiger charge is -2.22. The number of aromatic nitrogens is 1. The Kier molecular flexibility index (Phi) is 4.58. The third-order valence-electron chi connectivity index (χ3n) is 2.61. The molecule has 2 nitrogen and oxygen atoms in total. The predicted octanol–water partition coefficient (Wildman–Crippen LogP) is 4.00. The summed E-state index contributed by atoms with van der Waals surface area (Å²) in [5, 5.41) is 3.51. The quantitative estimate of drug-likeness (QED) is 0.837. The van der Waals surface area contributed by atoms with Gasteiger partial charge in [0, 0.05) is 6.04 Å². The molecule has 1 heterocycles. The summed E-state index contributed by atoms with van der Waals surface area (Å²) >= 11 is 3.40. The summed E-state index contributed by atoms with van der Waals surface area (Å²) < 4.78 is 0.922. The van der Waals surface area contributed by atoms with Crippen LogP contribution in [0.15, 0.2) is 16.9 Å². The fraction of sp³-hybridized carbons (Fsp3) is 0.583. The number of nitrogens with zero attached hydrogens (tertiary/aromatic N) is 1. The van der Waals surface area contributed by atoms with Crippen molar-refractivity contribution < 1.29 is 0 Å². The van der Waals surface area contributed by atoms with Crippen molar-refractivity contribution in [2.45, 2.75) is 40.2 Å². The van der Waals surface area contributed by atoms with Gasteiger partial charge in [0.1, 0.15) is 4.60 Å². The lowest BCUT2D eigenvalue weighted by molar-refractivity contribution is 0.511. The second-order valence-corrected chi connectivity index (χ2v) is 4.99. The fourth-order valence-corrected chi connectivity index (χ4v) is 1.81. The minimum atomic E-state index is 0.521. The Bertz CT molecular complexity index is 323. The van der Waals surface area contributed by atoms with Crippen molar-refractivity contribution in [3.63, 3.8) is 0 Å². The van der Waals surface area contributed by atoms with E-state index in [1.807, 2.05) is 6.20 Å². The number of halogens is 1. The van der Waals surface area contributed by atoms with Crippen LogP contribution in [-0.2, 0) is 0 Å². The van der Waals surface area contributed by atoms with Gasteiger partial charge in [-0.2, -0.15) is 0 Å². The van der Waals surface area contributed by atoms with Gasteiger partial charge in [-0.3, -0.25) is 0 Å². The van der Waals surface area contributed by atoms with Gasteiger partial charge in [-0.15, -0.1) is 0 Å². The van der Waals surface area contributed by atoms with Crippen LogP contribution in [0.25, 0.3) is 0 Å². The van der Waals surface area contributed by atoms with E-state index >= 15 is 0 Å². The van der Waals surface area contributed by atoms with E-state index in [0.717, 1.165) is 16.7 Å². The molecule has 1 unspecified atom stereocenters. The molecule has 0 aliphatic rings. The Labute approximate surface area is 101 Å². The molecule has 1 aromatic rings. The first-order valence-electron chi connectivity index (χ1n) is 5.43. The van der Waals surface area contributed by atoms with Crippen molar-refractivity contribution in [1.29, 1.82) is 0 Å². The van der Waals surface area contributed by atoms with Crippen LogP contribution in [0.1, 0.15) is 32.8 Å². The minimum Gasteiger partial charge on any atom is -0.381 e. The van der Waals surface area contributed by atoms with Crippen LogP contribution < -0.4 is 5.32 Å². The van der Waals surface area contributed by atoms with Crippen molar-refractivity contribution in [2.75, 3.05) is 5.32 Å². The summed E-state index contributed by atoms with van der Waals surface area (Å²) in [6, 6.07) is 2.65. The molecule has 0 bridgehead atoms. The van der Waals surface area contributed by atoms with Crippen LogP contribution in [0.3, 0.4) is 0 Å². The van der Waals surface area contributed by atoms with E-state index < -0.39 is 0 Å². The molecule has 0 amide bonds. The summed E-state index contributed by atoms with van der Waals surface area (Å²) in [6.07, 6.45) is 3.01. The van der Waals surface area contributed by atoms with E-state index in [-0.39, 0.29) is 0 Å². The van der Waals surface area contributed by atoms with Crippen LogP contribution in [0.2, 0.25) is 0 Å². The molecule has 0 aliphatic heterocycles. The molecule has 15 heavy (non-hydrogen) atoms. The monoisotopic (exact) mass is 270 g/mol. The van der Waals surface area contributed by atoms with Gasteiger partial charge in [-0.1, -0.05) is 20.8 Å². The van der Waals surface area contributed by atoms with Gasteiger partial charge in [-0.05, 0) is 46.8 Å². The highest BCUT2D eigenvalue weighted by Crippen LogP contribution is 2.19. The second kappa shape index (κ2) is 5.50. The third-order valence-corrected chi connectivity index (χ3v) is 3.44. The summed E-state index contributed by atoms with van der Waals surface area (Å²) in [5.41, 5.74) is 2.27. The fourth-order valence-electron chi connectivity index (χ4n) is 1.59. The summed E-state index contributed by atoms with van der Waals surface area (Å²) in [5.74, 6) is 0.638. The van der Waals surface area contributed by atoms with E-state index in [0.29, 0.717) is 12.0 Å². The molecule has 84 valence electrons. The van der Waals surface area contributed by atoms with Crippen molar-refractivity contribution in [2.24, 2.45) is 5.92 Å². The first kappa shape index (κ1) is 12.5. The van der Waals surface area contributed by atoms with Crippen molar-refractivity contribution in [3.05, 3.63) is 22.4 Å². The molecule has 1 N–H and O–H groups in total. The number of hydrogen-bond acceptors (Lipinski definition) is 2. The average Bonchev–Trinajstić information content (AvgIpc) is 2.19. The maximum atomic E-state index is 4.28. The zero-order chi connectivity index (χ0) is 11.4. The Morgan fingerprint density at radius 1 is 1.47 bits per heavy atom.